The highest BCUT2D eigenvalue weighted by atomic mass is 35.5. The molecule has 0 radical (unpaired) electrons. The van der Waals surface area contributed by atoms with Gasteiger partial charge in [0.1, 0.15) is 5.75 Å². The van der Waals surface area contributed by atoms with E-state index in [0.717, 1.165) is 11.1 Å². The number of anilines is 2. The summed E-state index contributed by atoms with van der Waals surface area (Å²) in [6, 6.07) is 15.9. The second-order valence-electron chi connectivity index (χ2n) is 7.49. The molecule has 174 valence electrons. The lowest BCUT2D eigenvalue weighted by Gasteiger charge is -2.19. The van der Waals surface area contributed by atoms with E-state index in [9.17, 15) is 13.2 Å². The molecule has 0 saturated carbocycles. The summed E-state index contributed by atoms with van der Waals surface area (Å²) in [5.74, 6) is 0.339. The van der Waals surface area contributed by atoms with Gasteiger partial charge in [0.05, 0.1) is 10.6 Å². The number of sulfonamides is 1. The highest BCUT2D eigenvalue weighted by Crippen LogP contribution is 2.26. The van der Waals surface area contributed by atoms with Crippen LogP contribution in [0, 0.1) is 13.8 Å². The Bertz CT molecular complexity index is 1240. The van der Waals surface area contributed by atoms with Crippen LogP contribution in [0.1, 0.15) is 24.5 Å². The fourth-order valence-electron chi connectivity index (χ4n) is 3.09. The normalized spacial score (nSPS) is 12.2. The van der Waals surface area contributed by atoms with E-state index in [-0.39, 0.29) is 16.5 Å². The molecule has 0 heterocycles. The minimum atomic E-state index is -3.87. The molecule has 1 amide bonds. The Morgan fingerprint density at radius 1 is 0.970 bits per heavy atom. The van der Waals surface area contributed by atoms with Crippen LogP contribution in [0.2, 0.25) is 10.0 Å². The van der Waals surface area contributed by atoms with Crippen LogP contribution in [-0.2, 0) is 14.8 Å². The predicted octanol–water partition coefficient (Wildman–Crippen LogP) is 6.21. The molecule has 1 atom stereocenters. The monoisotopic (exact) mass is 506 g/mol. The van der Waals surface area contributed by atoms with Gasteiger partial charge < -0.3 is 10.1 Å². The Morgan fingerprint density at radius 3 is 2.21 bits per heavy atom. The number of halogens is 2. The van der Waals surface area contributed by atoms with Crippen LogP contribution in [0.5, 0.6) is 5.75 Å². The van der Waals surface area contributed by atoms with Gasteiger partial charge in [-0.3, -0.25) is 9.52 Å². The zero-order chi connectivity index (χ0) is 24.2. The zero-order valence-electron chi connectivity index (χ0n) is 18.4. The van der Waals surface area contributed by atoms with Gasteiger partial charge in [0.15, 0.2) is 6.10 Å². The average molecular weight is 507 g/mol. The standard InChI is InChI=1S/C24H24Cl2N2O4S/c1-4-22(32-23-7-5-6-15(2)16(23)3)24(29)27-19-8-10-21(11-9-19)33(30,31)28-20-13-17(25)12-18(26)14-20/h5-14,22,28H,4H2,1-3H3,(H,27,29). The van der Waals surface area contributed by atoms with E-state index in [1.165, 1.54) is 42.5 Å². The second-order valence-corrected chi connectivity index (χ2v) is 10.0. The highest BCUT2D eigenvalue weighted by Gasteiger charge is 2.20. The van der Waals surface area contributed by atoms with Gasteiger partial charge in [-0.05, 0) is 79.9 Å². The predicted molar refractivity (Wildman–Crippen MR) is 133 cm³/mol. The lowest BCUT2D eigenvalue weighted by Crippen LogP contribution is -2.32. The SMILES string of the molecule is CCC(Oc1cccc(C)c1C)C(=O)Nc1ccc(S(=O)(=O)Nc2cc(Cl)cc(Cl)c2)cc1. The fraction of sp³-hybridized carbons (Fsp3) is 0.208. The Balaban J connectivity index is 1.69. The van der Waals surface area contributed by atoms with Gasteiger partial charge in [-0.25, -0.2) is 8.42 Å². The van der Waals surface area contributed by atoms with Crippen LogP contribution in [0.3, 0.4) is 0 Å². The molecule has 0 bridgehead atoms. The Morgan fingerprint density at radius 2 is 1.61 bits per heavy atom. The summed E-state index contributed by atoms with van der Waals surface area (Å²) in [6.07, 6.45) is -0.221. The summed E-state index contributed by atoms with van der Waals surface area (Å²) in [6.45, 7) is 5.79. The Kier molecular flexibility index (Phi) is 7.89. The molecular weight excluding hydrogens is 483 g/mol. The summed E-state index contributed by atoms with van der Waals surface area (Å²) in [5, 5.41) is 3.40. The number of hydrogen-bond acceptors (Lipinski definition) is 4. The summed E-state index contributed by atoms with van der Waals surface area (Å²) in [7, 11) is -3.87. The van der Waals surface area contributed by atoms with Crippen molar-refractivity contribution in [1.82, 2.24) is 0 Å². The number of carbonyl (C=O) groups is 1. The van der Waals surface area contributed by atoms with Crippen LogP contribution >= 0.6 is 23.2 Å². The summed E-state index contributed by atoms with van der Waals surface area (Å²) in [5.41, 5.74) is 2.76. The van der Waals surface area contributed by atoms with Crippen LogP contribution < -0.4 is 14.8 Å². The fourth-order valence-corrected chi connectivity index (χ4v) is 4.66. The maximum Gasteiger partial charge on any atom is 0.265 e. The van der Waals surface area contributed by atoms with Crippen LogP contribution in [0.4, 0.5) is 11.4 Å². The number of carbonyl (C=O) groups excluding carboxylic acids is 1. The van der Waals surface area contributed by atoms with Gasteiger partial charge in [0.2, 0.25) is 0 Å². The average Bonchev–Trinajstić information content (AvgIpc) is 2.74. The number of hydrogen-bond donors (Lipinski definition) is 2. The largest absolute Gasteiger partial charge is 0.480 e. The first kappa shape index (κ1) is 24.9. The van der Waals surface area contributed by atoms with E-state index in [2.05, 4.69) is 10.0 Å². The minimum Gasteiger partial charge on any atom is -0.480 e. The van der Waals surface area contributed by atoms with E-state index in [0.29, 0.717) is 27.9 Å². The number of rotatable bonds is 8. The van der Waals surface area contributed by atoms with E-state index in [1.54, 1.807) is 0 Å². The quantitative estimate of drug-likeness (QED) is 0.380. The molecule has 0 saturated heterocycles. The van der Waals surface area contributed by atoms with Crippen LogP contribution in [0.25, 0.3) is 0 Å². The second kappa shape index (κ2) is 10.5. The van der Waals surface area contributed by atoms with Gasteiger partial charge in [0.25, 0.3) is 15.9 Å². The smallest absolute Gasteiger partial charge is 0.265 e. The summed E-state index contributed by atoms with van der Waals surface area (Å²) in [4.78, 5) is 12.8. The van der Waals surface area contributed by atoms with Crippen molar-refractivity contribution in [1.29, 1.82) is 0 Å². The molecule has 3 rings (SSSR count). The third kappa shape index (κ3) is 6.41. The maximum atomic E-state index is 12.7. The number of benzene rings is 3. The number of amides is 1. The molecule has 0 fully saturated rings. The third-order valence-electron chi connectivity index (χ3n) is 5.03. The first-order chi connectivity index (χ1) is 15.6. The third-order valence-corrected chi connectivity index (χ3v) is 6.87. The van der Waals surface area contributed by atoms with Crippen molar-refractivity contribution in [2.45, 2.75) is 38.2 Å². The highest BCUT2D eigenvalue weighted by molar-refractivity contribution is 7.92. The molecule has 0 aromatic heterocycles. The Labute approximate surface area is 203 Å². The number of nitrogens with one attached hydrogen (secondary N) is 2. The van der Waals surface area contributed by atoms with Crippen molar-refractivity contribution >= 4 is 50.5 Å². The van der Waals surface area contributed by atoms with Gasteiger partial charge in [-0.1, -0.05) is 42.3 Å². The number of ether oxygens (including phenoxy) is 1. The maximum absolute atomic E-state index is 12.7. The first-order valence-corrected chi connectivity index (χ1v) is 12.5. The molecule has 0 aliphatic heterocycles. The van der Waals surface area contributed by atoms with Crippen LogP contribution in [0.15, 0.2) is 65.6 Å². The first-order valence-electron chi connectivity index (χ1n) is 10.2. The molecule has 0 aliphatic rings. The molecule has 0 spiro atoms. The van der Waals surface area contributed by atoms with Gasteiger partial charge in [-0.2, -0.15) is 0 Å². The van der Waals surface area contributed by atoms with Gasteiger partial charge >= 0.3 is 0 Å². The van der Waals surface area contributed by atoms with Crippen molar-refractivity contribution in [3.8, 4) is 5.75 Å². The van der Waals surface area contributed by atoms with Gasteiger partial charge in [0, 0.05) is 15.7 Å². The molecule has 3 aromatic rings. The van der Waals surface area contributed by atoms with Crippen LogP contribution in [-0.4, -0.2) is 20.4 Å². The topological polar surface area (TPSA) is 84.5 Å². The lowest BCUT2D eigenvalue weighted by atomic mass is 10.1. The summed E-state index contributed by atoms with van der Waals surface area (Å²) < 4.78 is 33.7. The minimum absolute atomic E-state index is 0.0234. The molecule has 0 aliphatic carbocycles. The molecule has 1 unspecified atom stereocenters. The van der Waals surface area contributed by atoms with E-state index in [4.69, 9.17) is 27.9 Å². The van der Waals surface area contributed by atoms with Crippen molar-refractivity contribution < 1.29 is 17.9 Å². The van der Waals surface area contributed by atoms with E-state index < -0.39 is 16.1 Å². The molecule has 6 nitrogen and oxygen atoms in total. The Hall–Kier alpha value is -2.74. The van der Waals surface area contributed by atoms with Crippen molar-refractivity contribution in [3.05, 3.63) is 81.8 Å². The molecular formula is C24H24Cl2N2O4S. The molecule has 33 heavy (non-hydrogen) atoms. The summed E-state index contributed by atoms with van der Waals surface area (Å²) >= 11 is 11.9. The zero-order valence-corrected chi connectivity index (χ0v) is 20.7. The number of aryl methyl sites for hydroxylation is 1. The van der Waals surface area contributed by atoms with Crippen molar-refractivity contribution in [2.24, 2.45) is 0 Å². The van der Waals surface area contributed by atoms with E-state index >= 15 is 0 Å². The van der Waals surface area contributed by atoms with Crippen molar-refractivity contribution in [3.63, 3.8) is 0 Å². The molecule has 2 N–H and O–H groups in total. The van der Waals surface area contributed by atoms with Gasteiger partial charge in [-0.15, -0.1) is 0 Å². The molecule has 9 heteroatoms. The van der Waals surface area contributed by atoms with Crippen molar-refractivity contribution in [2.75, 3.05) is 10.0 Å². The lowest BCUT2D eigenvalue weighted by molar-refractivity contribution is -0.122. The van der Waals surface area contributed by atoms with E-state index in [1.807, 2.05) is 39.0 Å². The molecule has 3 aromatic carbocycles.